The lowest BCUT2D eigenvalue weighted by molar-refractivity contribution is 0.810. The predicted molar refractivity (Wildman–Crippen MR) is 83.6 cm³/mol. The third-order valence-electron chi connectivity index (χ3n) is 3.51. The topological polar surface area (TPSA) is 19.4 Å². The van der Waals surface area contributed by atoms with Crippen LogP contribution in [0.15, 0.2) is 42.6 Å². The largest absolute Gasteiger partial charge is 0.371 e. The zero-order valence-electron chi connectivity index (χ0n) is 10.9. The molecule has 0 unspecified atom stereocenters. The number of halogens is 1. The predicted octanol–water partition coefficient (Wildman–Crippen LogP) is 3.56. The van der Waals surface area contributed by atoms with Crippen LogP contribution in [0.1, 0.15) is 5.56 Å². The van der Waals surface area contributed by atoms with Crippen molar-refractivity contribution in [1.29, 1.82) is 0 Å². The SMILES string of the molecule is CN1CCN(c2ncccc2CBr)c2ccccc21. The Morgan fingerprint density at radius 3 is 2.68 bits per heavy atom. The molecule has 0 saturated carbocycles. The van der Waals surface area contributed by atoms with Crippen molar-refractivity contribution >= 4 is 33.1 Å². The van der Waals surface area contributed by atoms with Crippen molar-refractivity contribution in [1.82, 2.24) is 4.98 Å². The van der Waals surface area contributed by atoms with E-state index in [0.717, 1.165) is 24.2 Å². The van der Waals surface area contributed by atoms with Gasteiger partial charge in [0.25, 0.3) is 0 Å². The van der Waals surface area contributed by atoms with E-state index in [-0.39, 0.29) is 0 Å². The number of alkyl halides is 1. The van der Waals surface area contributed by atoms with Gasteiger partial charge in [-0.1, -0.05) is 34.1 Å². The van der Waals surface area contributed by atoms with Crippen LogP contribution in [0, 0.1) is 0 Å². The summed E-state index contributed by atoms with van der Waals surface area (Å²) in [6.07, 6.45) is 1.86. The van der Waals surface area contributed by atoms with Gasteiger partial charge in [-0.3, -0.25) is 0 Å². The van der Waals surface area contributed by atoms with Gasteiger partial charge < -0.3 is 9.80 Å². The van der Waals surface area contributed by atoms with E-state index in [0.29, 0.717) is 0 Å². The van der Waals surface area contributed by atoms with Gasteiger partial charge in [0, 0.05) is 37.2 Å². The van der Waals surface area contributed by atoms with Gasteiger partial charge in [0.2, 0.25) is 0 Å². The standard InChI is InChI=1S/C15H16BrN3/c1-18-9-10-19(14-7-3-2-6-13(14)18)15-12(11-16)5-4-8-17-15/h2-8H,9-11H2,1H3. The molecular formula is C15H16BrN3. The van der Waals surface area contributed by atoms with Gasteiger partial charge in [0.1, 0.15) is 5.82 Å². The second kappa shape index (κ2) is 5.21. The van der Waals surface area contributed by atoms with Crippen LogP contribution < -0.4 is 9.80 Å². The molecule has 1 aromatic carbocycles. The van der Waals surface area contributed by atoms with E-state index in [4.69, 9.17) is 0 Å². The third kappa shape index (κ3) is 2.21. The minimum Gasteiger partial charge on any atom is -0.371 e. The molecule has 0 N–H and O–H groups in total. The maximum Gasteiger partial charge on any atom is 0.137 e. The van der Waals surface area contributed by atoms with Crippen LogP contribution in [-0.4, -0.2) is 25.1 Å². The first-order valence-electron chi connectivity index (χ1n) is 6.39. The van der Waals surface area contributed by atoms with Crippen LogP contribution in [0.5, 0.6) is 0 Å². The Labute approximate surface area is 122 Å². The van der Waals surface area contributed by atoms with Crippen molar-refractivity contribution in [2.24, 2.45) is 0 Å². The van der Waals surface area contributed by atoms with Gasteiger partial charge in [-0.05, 0) is 18.2 Å². The quantitative estimate of drug-likeness (QED) is 0.789. The molecule has 19 heavy (non-hydrogen) atoms. The van der Waals surface area contributed by atoms with Crippen LogP contribution in [0.3, 0.4) is 0 Å². The number of rotatable bonds is 2. The molecule has 0 bridgehead atoms. The highest BCUT2D eigenvalue weighted by atomic mass is 79.9. The maximum atomic E-state index is 4.57. The van der Waals surface area contributed by atoms with Crippen LogP contribution in [0.4, 0.5) is 17.2 Å². The summed E-state index contributed by atoms with van der Waals surface area (Å²) in [7, 11) is 2.14. The van der Waals surface area contributed by atoms with Gasteiger partial charge in [0.05, 0.1) is 11.4 Å². The molecule has 3 rings (SSSR count). The van der Waals surface area contributed by atoms with E-state index in [2.05, 4.69) is 68.1 Å². The number of anilines is 3. The van der Waals surface area contributed by atoms with E-state index in [1.807, 2.05) is 12.3 Å². The molecule has 0 amide bonds. The monoisotopic (exact) mass is 317 g/mol. The number of likely N-dealkylation sites (N-methyl/N-ethyl adjacent to an activating group) is 1. The van der Waals surface area contributed by atoms with E-state index < -0.39 is 0 Å². The molecular weight excluding hydrogens is 302 g/mol. The number of aromatic nitrogens is 1. The van der Waals surface area contributed by atoms with Crippen LogP contribution in [0.2, 0.25) is 0 Å². The Morgan fingerprint density at radius 2 is 1.89 bits per heavy atom. The molecule has 1 aromatic heterocycles. The summed E-state index contributed by atoms with van der Waals surface area (Å²) in [4.78, 5) is 9.18. The van der Waals surface area contributed by atoms with Gasteiger partial charge in [-0.2, -0.15) is 0 Å². The molecule has 0 aliphatic carbocycles. The van der Waals surface area contributed by atoms with Crippen LogP contribution >= 0.6 is 15.9 Å². The van der Waals surface area contributed by atoms with Gasteiger partial charge in [-0.25, -0.2) is 4.98 Å². The second-order valence-corrected chi connectivity index (χ2v) is 5.24. The summed E-state index contributed by atoms with van der Waals surface area (Å²) < 4.78 is 0. The lowest BCUT2D eigenvalue weighted by atomic mass is 10.1. The Morgan fingerprint density at radius 1 is 1.11 bits per heavy atom. The minimum absolute atomic E-state index is 0.824. The average molecular weight is 318 g/mol. The number of benzene rings is 1. The van der Waals surface area contributed by atoms with Gasteiger partial charge in [-0.15, -0.1) is 0 Å². The highest BCUT2D eigenvalue weighted by Crippen LogP contribution is 2.37. The Hall–Kier alpha value is -1.55. The fraction of sp³-hybridized carbons (Fsp3) is 0.267. The number of pyridine rings is 1. The molecule has 0 spiro atoms. The Kier molecular flexibility index (Phi) is 3.42. The minimum atomic E-state index is 0.824. The molecule has 2 heterocycles. The first-order chi connectivity index (χ1) is 9.31. The van der Waals surface area contributed by atoms with E-state index in [1.165, 1.54) is 16.9 Å². The second-order valence-electron chi connectivity index (χ2n) is 4.68. The van der Waals surface area contributed by atoms with Crippen molar-refractivity contribution in [3.63, 3.8) is 0 Å². The summed E-state index contributed by atoms with van der Waals surface area (Å²) >= 11 is 3.55. The molecule has 0 saturated heterocycles. The molecule has 98 valence electrons. The normalized spacial score (nSPS) is 14.4. The molecule has 0 radical (unpaired) electrons. The Balaban J connectivity index is 2.10. The lowest BCUT2D eigenvalue weighted by Gasteiger charge is -2.37. The van der Waals surface area contributed by atoms with Crippen LogP contribution in [0.25, 0.3) is 0 Å². The number of hydrogen-bond acceptors (Lipinski definition) is 3. The smallest absolute Gasteiger partial charge is 0.137 e. The average Bonchev–Trinajstić information content (AvgIpc) is 2.48. The molecule has 4 heteroatoms. The molecule has 1 aliphatic heterocycles. The van der Waals surface area contributed by atoms with Gasteiger partial charge >= 0.3 is 0 Å². The molecule has 1 aliphatic rings. The van der Waals surface area contributed by atoms with Crippen molar-refractivity contribution in [3.8, 4) is 0 Å². The Bertz CT molecular complexity index is 585. The summed E-state index contributed by atoms with van der Waals surface area (Å²) in [5.74, 6) is 1.06. The van der Waals surface area contributed by atoms with Crippen molar-refractivity contribution < 1.29 is 0 Å². The summed E-state index contributed by atoms with van der Waals surface area (Å²) in [6.45, 7) is 1.97. The van der Waals surface area contributed by atoms with Crippen molar-refractivity contribution in [2.45, 2.75) is 5.33 Å². The molecule has 0 atom stereocenters. The third-order valence-corrected chi connectivity index (χ3v) is 4.11. The molecule has 3 nitrogen and oxygen atoms in total. The fourth-order valence-corrected chi connectivity index (χ4v) is 2.94. The van der Waals surface area contributed by atoms with Crippen LogP contribution in [-0.2, 0) is 5.33 Å². The van der Waals surface area contributed by atoms with E-state index >= 15 is 0 Å². The van der Waals surface area contributed by atoms with E-state index in [9.17, 15) is 0 Å². The zero-order chi connectivity index (χ0) is 13.2. The number of para-hydroxylation sites is 2. The lowest BCUT2D eigenvalue weighted by Crippen LogP contribution is -2.37. The fourth-order valence-electron chi connectivity index (χ4n) is 2.50. The summed E-state index contributed by atoms with van der Waals surface area (Å²) in [5, 5.41) is 0.824. The van der Waals surface area contributed by atoms with Gasteiger partial charge in [0.15, 0.2) is 0 Å². The van der Waals surface area contributed by atoms with Crippen molar-refractivity contribution in [3.05, 3.63) is 48.2 Å². The number of fused-ring (bicyclic) bond motifs is 1. The highest BCUT2D eigenvalue weighted by molar-refractivity contribution is 9.08. The van der Waals surface area contributed by atoms with E-state index in [1.54, 1.807) is 0 Å². The highest BCUT2D eigenvalue weighted by Gasteiger charge is 2.23. The first-order valence-corrected chi connectivity index (χ1v) is 7.51. The number of hydrogen-bond donors (Lipinski definition) is 0. The number of nitrogens with zero attached hydrogens (tertiary/aromatic N) is 3. The zero-order valence-corrected chi connectivity index (χ0v) is 12.5. The maximum absolute atomic E-state index is 4.57. The molecule has 2 aromatic rings. The molecule has 0 fully saturated rings. The summed E-state index contributed by atoms with van der Waals surface area (Å²) in [6, 6.07) is 12.6. The summed E-state index contributed by atoms with van der Waals surface area (Å²) in [5.41, 5.74) is 3.72. The van der Waals surface area contributed by atoms with Crippen molar-refractivity contribution in [2.75, 3.05) is 29.9 Å². The first kappa shape index (κ1) is 12.5.